The SMILES string of the molecule is CC1(C)CC(Nc2ccc(C(N)=S)cc2Cl)CCO1. The van der Waals surface area contributed by atoms with Crippen LogP contribution >= 0.6 is 23.8 Å². The van der Waals surface area contributed by atoms with Crippen LogP contribution in [0, 0.1) is 0 Å². The fourth-order valence-electron chi connectivity index (χ4n) is 2.36. The number of benzene rings is 1. The van der Waals surface area contributed by atoms with E-state index in [0.717, 1.165) is 30.7 Å². The predicted molar refractivity (Wildman–Crippen MR) is 84.0 cm³/mol. The van der Waals surface area contributed by atoms with Gasteiger partial charge in [0.05, 0.1) is 16.3 Å². The van der Waals surface area contributed by atoms with Gasteiger partial charge in [-0.3, -0.25) is 0 Å². The molecule has 1 unspecified atom stereocenters. The summed E-state index contributed by atoms with van der Waals surface area (Å²) < 4.78 is 5.71. The van der Waals surface area contributed by atoms with Crippen LogP contribution < -0.4 is 11.1 Å². The quantitative estimate of drug-likeness (QED) is 0.840. The zero-order valence-electron chi connectivity index (χ0n) is 11.2. The lowest BCUT2D eigenvalue weighted by molar-refractivity contribution is -0.0553. The van der Waals surface area contributed by atoms with Crippen molar-refractivity contribution in [3.63, 3.8) is 0 Å². The van der Waals surface area contributed by atoms with Crippen LogP contribution in [0.4, 0.5) is 5.69 Å². The molecule has 1 aromatic rings. The molecule has 0 saturated carbocycles. The Morgan fingerprint density at radius 2 is 2.26 bits per heavy atom. The van der Waals surface area contributed by atoms with Crippen LogP contribution in [0.25, 0.3) is 0 Å². The molecule has 2 rings (SSSR count). The van der Waals surface area contributed by atoms with Gasteiger partial charge in [0.1, 0.15) is 4.99 Å². The van der Waals surface area contributed by atoms with Gasteiger partial charge in [0, 0.05) is 18.2 Å². The van der Waals surface area contributed by atoms with Crippen molar-refractivity contribution >= 4 is 34.5 Å². The average molecular weight is 299 g/mol. The lowest BCUT2D eigenvalue weighted by atomic mass is 9.94. The molecule has 1 fully saturated rings. The second-order valence-electron chi connectivity index (χ2n) is 5.50. The first-order chi connectivity index (χ1) is 8.87. The third-order valence-corrected chi connectivity index (χ3v) is 3.86. The van der Waals surface area contributed by atoms with Crippen LogP contribution in [0.15, 0.2) is 18.2 Å². The molecule has 5 heteroatoms. The van der Waals surface area contributed by atoms with Gasteiger partial charge in [0.25, 0.3) is 0 Å². The minimum Gasteiger partial charge on any atom is -0.389 e. The van der Waals surface area contributed by atoms with Gasteiger partial charge < -0.3 is 15.8 Å². The molecule has 0 bridgehead atoms. The summed E-state index contributed by atoms with van der Waals surface area (Å²) in [6.45, 7) is 4.99. The molecular weight excluding hydrogens is 280 g/mol. The molecule has 1 saturated heterocycles. The van der Waals surface area contributed by atoms with Crippen LogP contribution in [0.3, 0.4) is 0 Å². The zero-order valence-corrected chi connectivity index (χ0v) is 12.8. The van der Waals surface area contributed by atoms with E-state index in [4.69, 9.17) is 34.3 Å². The number of nitrogens with two attached hydrogens (primary N) is 1. The highest BCUT2D eigenvalue weighted by molar-refractivity contribution is 7.80. The third kappa shape index (κ3) is 3.81. The van der Waals surface area contributed by atoms with Gasteiger partial charge in [-0.2, -0.15) is 0 Å². The van der Waals surface area contributed by atoms with E-state index < -0.39 is 0 Å². The van der Waals surface area contributed by atoms with E-state index in [1.807, 2.05) is 12.1 Å². The Morgan fingerprint density at radius 1 is 1.53 bits per heavy atom. The van der Waals surface area contributed by atoms with Crippen molar-refractivity contribution in [2.45, 2.75) is 38.3 Å². The van der Waals surface area contributed by atoms with E-state index in [1.165, 1.54) is 0 Å². The molecule has 0 spiro atoms. The number of ether oxygens (including phenoxy) is 1. The Morgan fingerprint density at radius 3 is 2.84 bits per heavy atom. The van der Waals surface area contributed by atoms with Crippen molar-refractivity contribution in [3.8, 4) is 0 Å². The van der Waals surface area contributed by atoms with E-state index in [2.05, 4.69) is 19.2 Å². The summed E-state index contributed by atoms with van der Waals surface area (Å²) in [6, 6.07) is 5.99. The van der Waals surface area contributed by atoms with Crippen molar-refractivity contribution < 1.29 is 4.74 Å². The van der Waals surface area contributed by atoms with Crippen molar-refractivity contribution in [1.29, 1.82) is 0 Å². The number of rotatable bonds is 3. The molecule has 1 aliphatic rings. The number of halogens is 1. The first kappa shape index (κ1) is 14.6. The first-order valence-electron chi connectivity index (χ1n) is 6.37. The highest BCUT2D eigenvalue weighted by atomic mass is 35.5. The second kappa shape index (κ2) is 5.65. The summed E-state index contributed by atoms with van der Waals surface area (Å²) >= 11 is 11.2. The normalized spacial score (nSPS) is 21.9. The van der Waals surface area contributed by atoms with E-state index in [9.17, 15) is 0 Å². The monoisotopic (exact) mass is 298 g/mol. The molecule has 19 heavy (non-hydrogen) atoms. The highest BCUT2D eigenvalue weighted by Gasteiger charge is 2.28. The Labute approximate surface area is 124 Å². The largest absolute Gasteiger partial charge is 0.389 e. The van der Waals surface area contributed by atoms with E-state index in [-0.39, 0.29) is 5.60 Å². The molecule has 3 nitrogen and oxygen atoms in total. The fraction of sp³-hybridized carbons (Fsp3) is 0.500. The minimum absolute atomic E-state index is 0.0822. The van der Waals surface area contributed by atoms with Gasteiger partial charge in [0.2, 0.25) is 0 Å². The van der Waals surface area contributed by atoms with E-state index >= 15 is 0 Å². The van der Waals surface area contributed by atoms with Crippen LogP contribution in [0.2, 0.25) is 5.02 Å². The molecule has 0 aromatic heterocycles. The molecule has 0 radical (unpaired) electrons. The molecule has 1 aromatic carbocycles. The van der Waals surface area contributed by atoms with Crippen LogP contribution in [0.5, 0.6) is 0 Å². The third-order valence-electron chi connectivity index (χ3n) is 3.31. The molecule has 1 atom stereocenters. The number of thiocarbonyl (C=S) groups is 1. The second-order valence-corrected chi connectivity index (χ2v) is 6.35. The van der Waals surface area contributed by atoms with Gasteiger partial charge in [-0.25, -0.2) is 0 Å². The van der Waals surface area contributed by atoms with Crippen molar-refractivity contribution in [2.75, 3.05) is 11.9 Å². The Balaban J connectivity index is 2.09. The summed E-state index contributed by atoms with van der Waals surface area (Å²) in [5, 5.41) is 4.12. The molecule has 3 N–H and O–H groups in total. The summed E-state index contributed by atoms with van der Waals surface area (Å²) in [5.74, 6) is 0. The van der Waals surface area contributed by atoms with Gasteiger partial charge in [0.15, 0.2) is 0 Å². The maximum atomic E-state index is 6.25. The summed E-state index contributed by atoms with van der Waals surface area (Å²) in [7, 11) is 0. The number of anilines is 1. The van der Waals surface area contributed by atoms with Gasteiger partial charge in [-0.05, 0) is 44.9 Å². The summed E-state index contributed by atoms with van der Waals surface area (Å²) in [6.07, 6.45) is 1.94. The van der Waals surface area contributed by atoms with Crippen molar-refractivity contribution in [1.82, 2.24) is 0 Å². The maximum Gasteiger partial charge on any atom is 0.104 e. The maximum absolute atomic E-state index is 6.25. The highest BCUT2D eigenvalue weighted by Crippen LogP contribution is 2.29. The molecule has 1 heterocycles. The molecule has 1 aliphatic heterocycles. The number of hydrogen-bond donors (Lipinski definition) is 2. The van der Waals surface area contributed by atoms with Gasteiger partial charge in [-0.15, -0.1) is 0 Å². The molecular formula is C14H19ClN2OS. The Bertz CT molecular complexity index is 490. The fourth-order valence-corrected chi connectivity index (χ4v) is 2.72. The Kier molecular flexibility index (Phi) is 4.33. The van der Waals surface area contributed by atoms with Crippen molar-refractivity contribution in [3.05, 3.63) is 28.8 Å². The molecule has 0 aliphatic carbocycles. The Hall–Kier alpha value is -0.840. The van der Waals surface area contributed by atoms with Crippen molar-refractivity contribution in [2.24, 2.45) is 5.73 Å². The minimum atomic E-state index is -0.0822. The van der Waals surface area contributed by atoms with Crippen LogP contribution in [0.1, 0.15) is 32.3 Å². The van der Waals surface area contributed by atoms with Gasteiger partial charge >= 0.3 is 0 Å². The summed E-state index contributed by atoms with van der Waals surface area (Å²) in [4.78, 5) is 0.362. The van der Waals surface area contributed by atoms with Crippen LogP contribution in [-0.4, -0.2) is 23.2 Å². The smallest absolute Gasteiger partial charge is 0.104 e. The molecule has 104 valence electrons. The predicted octanol–water partition coefficient (Wildman–Crippen LogP) is 3.34. The number of nitrogens with one attached hydrogen (secondary N) is 1. The van der Waals surface area contributed by atoms with Gasteiger partial charge in [-0.1, -0.05) is 23.8 Å². The average Bonchev–Trinajstić information content (AvgIpc) is 2.30. The standard InChI is InChI=1S/C14H19ClN2OS/c1-14(2)8-10(5-6-18-14)17-12-4-3-9(13(16)19)7-11(12)15/h3-4,7,10,17H,5-6,8H2,1-2H3,(H2,16,19). The lowest BCUT2D eigenvalue weighted by Gasteiger charge is -2.36. The zero-order chi connectivity index (χ0) is 14.0. The molecule has 0 amide bonds. The number of hydrogen-bond acceptors (Lipinski definition) is 3. The summed E-state index contributed by atoms with van der Waals surface area (Å²) in [5.41, 5.74) is 7.22. The topological polar surface area (TPSA) is 47.3 Å². The van der Waals surface area contributed by atoms with E-state index in [0.29, 0.717) is 16.1 Å². The van der Waals surface area contributed by atoms with Crippen LogP contribution in [-0.2, 0) is 4.74 Å². The first-order valence-corrected chi connectivity index (χ1v) is 7.16. The van der Waals surface area contributed by atoms with E-state index in [1.54, 1.807) is 6.07 Å². The lowest BCUT2D eigenvalue weighted by Crippen LogP contribution is -2.40.